The van der Waals surface area contributed by atoms with Gasteiger partial charge in [-0.2, -0.15) is 13.2 Å². The number of aromatic nitrogens is 1. The molecule has 0 unspecified atom stereocenters. The number of alkyl halides is 3. The standard InChI is InChI=1S/C16H12F4N2O4/c17-7-1-2-8-9(4-13(23)21-12(8)3-7)14(24)22-5-10(15(25)26)11(6-22)16(18,19)20/h1-4,10-11H,5-6H2,(H,21,23)(H,25,26)/t10-,11-/m1/s1. The van der Waals surface area contributed by atoms with Gasteiger partial charge in [0.15, 0.2) is 0 Å². The van der Waals surface area contributed by atoms with Gasteiger partial charge in [0.1, 0.15) is 5.82 Å². The average Bonchev–Trinajstić information content (AvgIpc) is 2.98. The van der Waals surface area contributed by atoms with Crippen LogP contribution in [0.4, 0.5) is 17.6 Å². The van der Waals surface area contributed by atoms with Gasteiger partial charge >= 0.3 is 12.1 Å². The Morgan fingerprint density at radius 3 is 2.46 bits per heavy atom. The van der Waals surface area contributed by atoms with E-state index in [1.165, 1.54) is 6.07 Å². The summed E-state index contributed by atoms with van der Waals surface area (Å²) in [5.41, 5.74) is -0.925. The van der Waals surface area contributed by atoms with Crippen LogP contribution < -0.4 is 5.56 Å². The summed E-state index contributed by atoms with van der Waals surface area (Å²) in [4.78, 5) is 38.6. The first kappa shape index (κ1) is 17.9. The molecule has 138 valence electrons. The van der Waals surface area contributed by atoms with Gasteiger partial charge in [-0.25, -0.2) is 4.39 Å². The summed E-state index contributed by atoms with van der Waals surface area (Å²) < 4.78 is 52.5. The summed E-state index contributed by atoms with van der Waals surface area (Å²) in [6, 6.07) is 4.15. The van der Waals surface area contributed by atoms with Crippen molar-refractivity contribution in [3.05, 3.63) is 46.0 Å². The van der Waals surface area contributed by atoms with Crippen LogP contribution in [-0.4, -0.2) is 46.1 Å². The van der Waals surface area contributed by atoms with Gasteiger partial charge in [-0.3, -0.25) is 14.4 Å². The molecule has 0 saturated carbocycles. The highest BCUT2D eigenvalue weighted by Gasteiger charge is 2.53. The number of amides is 1. The van der Waals surface area contributed by atoms with Gasteiger partial charge in [0.05, 0.1) is 22.9 Å². The normalized spacial score (nSPS) is 20.5. The molecule has 3 rings (SSSR count). The maximum atomic E-state index is 13.3. The van der Waals surface area contributed by atoms with Crippen LogP contribution >= 0.6 is 0 Å². The molecular weight excluding hydrogens is 360 g/mol. The molecular formula is C16H12F4N2O4. The quantitative estimate of drug-likeness (QED) is 0.789. The first-order chi connectivity index (χ1) is 12.1. The van der Waals surface area contributed by atoms with Gasteiger partial charge in [0.2, 0.25) is 5.56 Å². The second kappa shape index (κ2) is 6.11. The number of benzene rings is 1. The molecule has 0 aliphatic carbocycles. The zero-order valence-electron chi connectivity index (χ0n) is 13.0. The highest BCUT2D eigenvalue weighted by Crippen LogP contribution is 2.38. The zero-order valence-corrected chi connectivity index (χ0v) is 13.0. The fourth-order valence-electron chi connectivity index (χ4n) is 3.13. The van der Waals surface area contributed by atoms with Crippen molar-refractivity contribution < 1.29 is 32.3 Å². The molecule has 10 heteroatoms. The number of likely N-dealkylation sites (tertiary alicyclic amines) is 1. The lowest BCUT2D eigenvalue weighted by Gasteiger charge is -2.19. The fourth-order valence-corrected chi connectivity index (χ4v) is 3.13. The van der Waals surface area contributed by atoms with E-state index >= 15 is 0 Å². The summed E-state index contributed by atoms with van der Waals surface area (Å²) in [5, 5.41) is 9.18. The maximum Gasteiger partial charge on any atom is 0.394 e. The topological polar surface area (TPSA) is 90.5 Å². The van der Waals surface area contributed by atoms with E-state index in [1.54, 1.807) is 0 Å². The third-order valence-corrected chi connectivity index (χ3v) is 4.38. The Hall–Kier alpha value is -2.91. The van der Waals surface area contributed by atoms with Crippen molar-refractivity contribution in [2.45, 2.75) is 6.18 Å². The molecule has 1 aliphatic rings. The molecule has 2 atom stereocenters. The summed E-state index contributed by atoms with van der Waals surface area (Å²) in [6.45, 7) is -1.46. The number of H-pyrrole nitrogens is 1. The van der Waals surface area contributed by atoms with Gasteiger partial charge in [-0.1, -0.05) is 0 Å². The number of fused-ring (bicyclic) bond motifs is 1. The van der Waals surface area contributed by atoms with Crippen LogP contribution in [-0.2, 0) is 4.79 Å². The van der Waals surface area contributed by atoms with Gasteiger partial charge in [-0.05, 0) is 18.2 Å². The lowest BCUT2D eigenvalue weighted by molar-refractivity contribution is -0.187. The SMILES string of the molecule is O=C(O)[C@@H]1CN(C(=O)c2cc(=O)[nH]c3cc(F)ccc23)C[C@H]1C(F)(F)F. The molecule has 1 aromatic carbocycles. The molecule has 6 nitrogen and oxygen atoms in total. The van der Waals surface area contributed by atoms with Crippen molar-refractivity contribution in [1.29, 1.82) is 0 Å². The summed E-state index contributed by atoms with van der Waals surface area (Å²) in [6.07, 6.45) is -4.78. The van der Waals surface area contributed by atoms with Crippen LogP contribution in [0, 0.1) is 17.7 Å². The molecule has 1 saturated heterocycles. The van der Waals surface area contributed by atoms with Crippen LogP contribution in [0.1, 0.15) is 10.4 Å². The molecule has 2 N–H and O–H groups in total. The number of carbonyl (C=O) groups is 2. The van der Waals surface area contributed by atoms with E-state index in [2.05, 4.69) is 4.98 Å². The Balaban J connectivity index is 2.01. The largest absolute Gasteiger partial charge is 0.481 e. The van der Waals surface area contributed by atoms with Crippen LogP contribution in [0.3, 0.4) is 0 Å². The number of aliphatic carboxylic acids is 1. The predicted molar refractivity (Wildman–Crippen MR) is 81.1 cm³/mol. The Kier molecular flexibility index (Phi) is 4.21. The molecule has 0 radical (unpaired) electrons. The Bertz CT molecular complexity index is 953. The second-order valence-corrected chi connectivity index (χ2v) is 6.04. The monoisotopic (exact) mass is 372 g/mol. The van der Waals surface area contributed by atoms with Crippen molar-refractivity contribution in [3.8, 4) is 0 Å². The highest BCUT2D eigenvalue weighted by atomic mass is 19.4. The molecule has 2 heterocycles. The summed E-state index contributed by atoms with van der Waals surface area (Å²) >= 11 is 0. The number of hydrogen-bond donors (Lipinski definition) is 2. The van der Waals surface area contributed by atoms with Crippen LogP contribution in [0.15, 0.2) is 29.1 Å². The highest BCUT2D eigenvalue weighted by molar-refractivity contribution is 6.06. The van der Waals surface area contributed by atoms with Crippen molar-refractivity contribution >= 4 is 22.8 Å². The Morgan fingerprint density at radius 1 is 1.19 bits per heavy atom. The third-order valence-electron chi connectivity index (χ3n) is 4.38. The smallest absolute Gasteiger partial charge is 0.394 e. The maximum absolute atomic E-state index is 13.3. The fraction of sp³-hybridized carbons (Fsp3) is 0.312. The van der Waals surface area contributed by atoms with Gasteiger partial charge < -0.3 is 15.0 Å². The van der Waals surface area contributed by atoms with Crippen molar-refractivity contribution in [3.63, 3.8) is 0 Å². The second-order valence-electron chi connectivity index (χ2n) is 6.04. The number of nitrogens with zero attached hydrogens (tertiary/aromatic N) is 1. The lowest BCUT2D eigenvalue weighted by atomic mass is 9.96. The first-order valence-corrected chi connectivity index (χ1v) is 7.49. The number of carboxylic acids is 1. The number of hydrogen-bond acceptors (Lipinski definition) is 3. The van der Waals surface area contributed by atoms with E-state index in [4.69, 9.17) is 5.11 Å². The number of rotatable bonds is 2. The van der Waals surface area contributed by atoms with E-state index in [1.807, 2.05) is 0 Å². The van der Waals surface area contributed by atoms with Crippen LogP contribution in [0.5, 0.6) is 0 Å². The van der Waals surface area contributed by atoms with E-state index in [9.17, 15) is 31.9 Å². The molecule has 26 heavy (non-hydrogen) atoms. The van der Waals surface area contributed by atoms with Crippen molar-refractivity contribution in [1.82, 2.24) is 9.88 Å². The minimum atomic E-state index is -4.78. The minimum absolute atomic E-state index is 0.0159. The zero-order chi connectivity index (χ0) is 19.2. The summed E-state index contributed by atoms with van der Waals surface area (Å²) in [5.74, 6) is -7.22. The minimum Gasteiger partial charge on any atom is -0.481 e. The van der Waals surface area contributed by atoms with E-state index < -0.39 is 54.4 Å². The number of nitrogens with one attached hydrogen (secondary N) is 1. The Morgan fingerprint density at radius 2 is 1.88 bits per heavy atom. The van der Waals surface area contributed by atoms with Crippen LogP contribution in [0.25, 0.3) is 10.9 Å². The predicted octanol–water partition coefficient (Wildman–Crippen LogP) is 2.00. The molecule has 1 fully saturated rings. The van der Waals surface area contributed by atoms with Crippen LogP contribution in [0.2, 0.25) is 0 Å². The van der Waals surface area contributed by atoms with Crippen molar-refractivity contribution in [2.24, 2.45) is 11.8 Å². The van der Waals surface area contributed by atoms with E-state index in [0.717, 1.165) is 23.1 Å². The van der Waals surface area contributed by atoms with E-state index in [-0.39, 0.29) is 16.5 Å². The van der Waals surface area contributed by atoms with Crippen molar-refractivity contribution in [2.75, 3.05) is 13.1 Å². The third kappa shape index (κ3) is 3.14. The molecule has 2 aromatic rings. The number of carboxylic acid groups (broad SMARTS) is 1. The number of pyridine rings is 1. The molecule has 0 spiro atoms. The molecule has 1 amide bonds. The summed E-state index contributed by atoms with van der Waals surface area (Å²) in [7, 11) is 0. The Labute approximate surface area is 143 Å². The molecule has 1 aromatic heterocycles. The lowest BCUT2D eigenvalue weighted by Crippen LogP contribution is -2.34. The van der Waals surface area contributed by atoms with Gasteiger partial charge in [0, 0.05) is 24.5 Å². The average molecular weight is 372 g/mol. The van der Waals surface area contributed by atoms with Gasteiger partial charge in [0.25, 0.3) is 5.91 Å². The number of halogens is 4. The molecule has 1 aliphatic heterocycles. The van der Waals surface area contributed by atoms with Gasteiger partial charge in [-0.15, -0.1) is 0 Å². The molecule has 0 bridgehead atoms. The number of carbonyl (C=O) groups excluding carboxylic acids is 1. The van der Waals surface area contributed by atoms with E-state index in [0.29, 0.717) is 0 Å². The first-order valence-electron chi connectivity index (χ1n) is 7.49. The number of aromatic amines is 1.